The largest absolute Gasteiger partial charge is 0.490 e. The molecule has 0 aliphatic rings. The predicted octanol–water partition coefficient (Wildman–Crippen LogP) is 5.96. The van der Waals surface area contributed by atoms with Crippen LogP contribution < -0.4 is 9.47 Å². The molecule has 1 atom stereocenters. The van der Waals surface area contributed by atoms with Gasteiger partial charge in [0.05, 0.1) is 11.6 Å². The van der Waals surface area contributed by atoms with Crippen LogP contribution >= 0.6 is 35.0 Å². The van der Waals surface area contributed by atoms with E-state index in [-0.39, 0.29) is 18.1 Å². The summed E-state index contributed by atoms with van der Waals surface area (Å²) in [4.78, 5) is 11.1. The van der Waals surface area contributed by atoms with Crippen LogP contribution in [0.1, 0.15) is 23.6 Å². The molecule has 0 aliphatic carbocycles. The topological polar surface area (TPSA) is 92.3 Å². The smallest absolute Gasteiger partial charge is 0.220 e. The lowest BCUT2D eigenvalue weighted by Gasteiger charge is -2.18. The molecule has 0 fully saturated rings. The average Bonchev–Trinajstić information content (AvgIpc) is 3.13. The highest BCUT2D eigenvalue weighted by molar-refractivity contribution is 7.99. The summed E-state index contributed by atoms with van der Waals surface area (Å²) in [5.41, 5.74) is 1.41. The van der Waals surface area contributed by atoms with Gasteiger partial charge in [0.25, 0.3) is 0 Å². The van der Waals surface area contributed by atoms with Crippen LogP contribution in [0.4, 0.5) is 0 Å². The number of thioether (sulfide) groups is 1. The van der Waals surface area contributed by atoms with Gasteiger partial charge in [0.15, 0.2) is 16.7 Å². The molecular formula is C22H22Cl2N4O4S. The van der Waals surface area contributed by atoms with E-state index >= 15 is 0 Å². The molecule has 33 heavy (non-hydrogen) atoms. The Hall–Kier alpha value is -2.75. The Morgan fingerprint density at radius 1 is 1.24 bits per heavy atom. The number of benzene rings is 2. The second kappa shape index (κ2) is 11.4. The second-order valence-corrected chi connectivity index (χ2v) is 8.84. The van der Waals surface area contributed by atoms with E-state index in [9.17, 15) is 10.1 Å². The lowest BCUT2D eigenvalue weighted by molar-refractivity contribution is -0.479. The third-order valence-electron chi connectivity index (χ3n) is 4.49. The van der Waals surface area contributed by atoms with E-state index in [0.29, 0.717) is 44.7 Å². The van der Waals surface area contributed by atoms with Crippen molar-refractivity contribution in [2.75, 3.05) is 19.8 Å². The van der Waals surface area contributed by atoms with Crippen molar-refractivity contribution in [2.45, 2.75) is 24.3 Å². The lowest BCUT2D eigenvalue weighted by atomic mass is 10.1. The third kappa shape index (κ3) is 6.19. The fourth-order valence-corrected chi connectivity index (χ4v) is 4.65. The highest BCUT2D eigenvalue weighted by atomic mass is 35.5. The minimum absolute atomic E-state index is 0.246. The van der Waals surface area contributed by atoms with Gasteiger partial charge in [-0.2, -0.15) is 0 Å². The molecular weight excluding hydrogens is 487 g/mol. The van der Waals surface area contributed by atoms with Crippen molar-refractivity contribution in [1.82, 2.24) is 14.8 Å². The van der Waals surface area contributed by atoms with Gasteiger partial charge in [0.1, 0.15) is 17.7 Å². The first-order valence-corrected chi connectivity index (χ1v) is 11.6. The Morgan fingerprint density at radius 2 is 1.97 bits per heavy atom. The van der Waals surface area contributed by atoms with E-state index in [1.165, 1.54) is 11.8 Å². The molecule has 1 aromatic heterocycles. The highest BCUT2D eigenvalue weighted by Gasteiger charge is 2.26. The molecule has 1 heterocycles. The van der Waals surface area contributed by atoms with Gasteiger partial charge in [-0.25, -0.2) is 0 Å². The van der Waals surface area contributed by atoms with E-state index < -0.39 is 5.25 Å². The molecule has 8 nitrogen and oxygen atoms in total. The van der Waals surface area contributed by atoms with Crippen molar-refractivity contribution in [3.05, 3.63) is 80.6 Å². The van der Waals surface area contributed by atoms with E-state index in [1.54, 1.807) is 30.3 Å². The molecule has 3 rings (SSSR count). The number of ether oxygens (including phenoxy) is 2. The van der Waals surface area contributed by atoms with Gasteiger partial charge in [-0.3, -0.25) is 14.7 Å². The average molecular weight is 509 g/mol. The number of nitro groups is 1. The highest BCUT2D eigenvalue weighted by Crippen LogP contribution is 2.43. The molecule has 0 amide bonds. The first-order valence-electron chi connectivity index (χ1n) is 10.00. The quantitative estimate of drug-likeness (QED) is 0.136. The molecule has 0 bridgehead atoms. The summed E-state index contributed by atoms with van der Waals surface area (Å²) in [5.74, 6) is 1.42. The Morgan fingerprint density at radius 3 is 2.61 bits per heavy atom. The summed E-state index contributed by atoms with van der Waals surface area (Å²) in [6, 6.07) is 10.6. The van der Waals surface area contributed by atoms with Crippen LogP contribution in [0.15, 0.2) is 54.2 Å². The first-order chi connectivity index (χ1) is 15.8. The Balaban J connectivity index is 2.02. The van der Waals surface area contributed by atoms with Crippen LogP contribution in [0, 0.1) is 17.0 Å². The molecule has 0 unspecified atom stereocenters. The van der Waals surface area contributed by atoms with E-state index in [1.807, 2.05) is 30.5 Å². The van der Waals surface area contributed by atoms with Gasteiger partial charge < -0.3 is 9.47 Å². The van der Waals surface area contributed by atoms with Crippen molar-refractivity contribution in [1.29, 1.82) is 0 Å². The monoisotopic (exact) mass is 508 g/mol. The van der Waals surface area contributed by atoms with Gasteiger partial charge in [-0.15, -0.1) is 10.2 Å². The molecule has 0 N–H and O–H groups in total. The number of hydrogen-bond donors (Lipinski definition) is 0. The maximum Gasteiger partial charge on any atom is 0.220 e. The van der Waals surface area contributed by atoms with Gasteiger partial charge in [-0.1, -0.05) is 47.6 Å². The Labute approximate surface area is 205 Å². The van der Waals surface area contributed by atoms with Crippen molar-refractivity contribution in [3.63, 3.8) is 0 Å². The maximum absolute atomic E-state index is 11.5. The number of nitrogens with zero attached hydrogens (tertiary/aromatic N) is 4. The second-order valence-electron chi connectivity index (χ2n) is 6.83. The summed E-state index contributed by atoms with van der Waals surface area (Å²) in [5, 5.41) is 20.7. The minimum atomic E-state index is -0.611. The maximum atomic E-state index is 11.5. The van der Waals surface area contributed by atoms with E-state index in [0.717, 1.165) is 5.69 Å². The standard InChI is InChI=1S/C22H22Cl2N4O4S/c1-4-10-32-21-18(24)11-15(12-19(21)31-5-2)20(13-27(29)30)33-22-26-25-14(3)28(22)17-8-6-16(23)7-9-17/h4,6-9,11-12,20H,1,5,10,13H2,2-3H3/t20-/m1/s1. The van der Waals surface area contributed by atoms with Crippen molar-refractivity contribution in [2.24, 2.45) is 0 Å². The van der Waals surface area contributed by atoms with Gasteiger partial charge >= 0.3 is 0 Å². The fraction of sp³-hybridized carbons (Fsp3) is 0.273. The molecule has 0 radical (unpaired) electrons. The molecule has 3 aromatic rings. The minimum Gasteiger partial charge on any atom is -0.490 e. The third-order valence-corrected chi connectivity index (χ3v) is 6.21. The van der Waals surface area contributed by atoms with Crippen molar-refractivity contribution < 1.29 is 14.4 Å². The first kappa shape index (κ1) is 24.9. The van der Waals surface area contributed by atoms with Gasteiger partial charge in [0.2, 0.25) is 6.54 Å². The van der Waals surface area contributed by atoms with Crippen LogP contribution in [0.25, 0.3) is 5.69 Å². The van der Waals surface area contributed by atoms with Crippen LogP contribution in [0.5, 0.6) is 11.5 Å². The number of aromatic nitrogens is 3. The molecule has 0 saturated carbocycles. The molecule has 174 valence electrons. The number of halogens is 2. The molecule has 11 heteroatoms. The Bertz CT molecular complexity index is 1140. The zero-order valence-electron chi connectivity index (χ0n) is 18.0. The number of aryl methyl sites for hydroxylation is 1. The van der Waals surface area contributed by atoms with Crippen molar-refractivity contribution >= 4 is 35.0 Å². The zero-order chi connectivity index (χ0) is 24.0. The fourth-order valence-electron chi connectivity index (χ4n) is 3.10. The molecule has 2 aromatic carbocycles. The number of hydrogen-bond acceptors (Lipinski definition) is 7. The summed E-state index contributed by atoms with van der Waals surface area (Å²) < 4.78 is 13.2. The SMILES string of the molecule is C=CCOc1c(Cl)cc([C@@H](C[N+](=O)[O-])Sc2nnc(C)n2-c2ccc(Cl)cc2)cc1OCC. The summed E-state index contributed by atoms with van der Waals surface area (Å²) in [6.07, 6.45) is 1.59. The van der Waals surface area contributed by atoms with Crippen LogP contribution in [0.2, 0.25) is 10.0 Å². The summed E-state index contributed by atoms with van der Waals surface area (Å²) in [6.45, 7) is 7.54. The molecule has 0 aliphatic heterocycles. The van der Waals surface area contributed by atoms with Crippen LogP contribution in [-0.2, 0) is 0 Å². The van der Waals surface area contributed by atoms with Crippen LogP contribution in [-0.4, -0.2) is 39.4 Å². The van der Waals surface area contributed by atoms with Crippen LogP contribution in [0.3, 0.4) is 0 Å². The molecule has 0 saturated heterocycles. The zero-order valence-corrected chi connectivity index (χ0v) is 20.4. The van der Waals surface area contributed by atoms with E-state index in [2.05, 4.69) is 16.8 Å². The van der Waals surface area contributed by atoms with E-state index in [4.69, 9.17) is 32.7 Å². The Kier molecular flexibility index (Phi) is 8.60. The summed E-state index contributed by atoms with van der Waals surface area (Å²) in [7, 11) is 0. The van der Waals surface area contributed by atoms with Gasteiger partial charge in [-0.05, 0) is 55.8 Å². The predicted molar refractivity (Wildman–Crippen MR) is 130 cm³/mol. The normalized spacial score (nSPS) is 11.8. The summed E-state index contributed by atoms with van der Waals surface area (Å²) >= 11 is 13.7. The molecule has 0 spiro atoms. The van der Waals surface area contributed by atoms with Gasteiger partial charge in [0, 0.05) is 15.6 Å². The number of rotatable bonds is 11. The lowest BCUT2D eigenvalue weighted by Crippen LogP contribution is -2.12. The van der Waals surface area contributed by atoms with Crippen molar-refractivity contribution in [3.8, 4) is 17.2 Å².